The molecule has 3 nitrogen and oxygen atoms in total. The van der Waals surface area contributed by atoms with Gasteiger partial charge in [0.15, 0.2) is 0 Å². The van der Waals surface area contributed by atoms with E-state index in [1.54, 1.807) is 0 Å². The zero-order valence-electron chi connectivity index (χ0n) is 7.95. The van der Waals surface area contributed by atoms with Crippen LogP contribution in [0.3, 0.4) is 0 Å². The Hall–Kier alpha value is -0.830. The summed E-state index contributed by atoms with van der Waals surface area (Å²) in [5.41, 5.74) is 2.79. The Kier molecular flexibility index (Phi) is 1.50. The van der Waals surface area contributed by atoms with Gasteiger partial charge in [-0.1, -0.05) is 0 Å². The standard InChI is InChI=1S/C10H15N3/c1-11-8-4-5-9-10(8)13(6-12-9)7-2-3-7/h6-8,11H,2-5H2,1H3. The molecule has 0 amide bonds. The highest BCUT2D eigenvalue weighted by atomic mass is 15.1. The van der Waals surface area contributed by atoms with Crippen molar-refractivity contribution in [3.8, 4) is 0 Å². The summed E-state index contributed by atoms with van der Waals surface area (Å²) in [6.45, 7) is 0. The molecule has 3 rings (SSSR count). The van der Waals surface area contributed by atoms with E-state index in [-0.39, 0.29) is 0 Å². The van der Waals surface area contributed by atoms with E-state index < -0.39 is 0 Å². The molecule has 0 spiro atoms. The number of hydrogen-bond acceptors (Lipinski definition) is 2. The molecule has 2 aliphatic carbocycles. The van der Waals surface area contributed by atoms with Gasteiger partial charge in [-0.05, 0) is 32.7 Å². The van der Waals surface area contributed by atoms with Crippen molar-refractivity contribution in [3.63, 3.8) is 0 Å². The SMILES string of the molecule is CNC1CCc2ncn(C3CC3)c21. The molecule has 0 aromatic carbocycles. The molecule has 0 aliphatic heterocycles. The average molecular weight is 177 g/mol. The van der Waals surface area contributed by atoms with Crippen LogP contribution < -0.4 is 5.32 Å². The van der Waals surface area contributed by atoms with E-state index in [1.807, 2.05) is 13.4 Å². The monoisotopic (exact) mass is 177 g/mol. The number of aromatic nitrogens is 2. The maximum absolute atomic E-state index is 4.48. The second-order valence-corrected chi connectivity index (χ2v) is 4.09. The van der Waals surface area contributed by atoms with Crippen LogP contribution in [0.1, 0.15) is 42.7 Å². The maximum atomic E-state index is 4.48. The molecule has 1 unspecified atom stereocenters. The number of nitrogens with zero attached hydrogens (tertiary/aromatic N) is 2. The largest absolute Gasteiger partial charge is 0.330 e. The smallest absolute Gasteiger partial charge is 0.0954 e. The highest BCUT2D eigenvalue weighted by Crippen LogP contribution is 2.40. The molecular weight excluding hydrogens is 162 g/mol. The van der Waals surface area contributed by atoms with Crippen LogP contribution in [0.15, 0.2) is 6.33 Å². The van der Waals surface area contributed by atoms with Crippen LogP contribution in [0.2, 0.25) is 0 Å². The van der Waals surface area contributed by atoms with Crippen LogP contribution in [0, 0.1) is 0 Å². The van der Waals surface area contributed by atoms with E-state index in [0.717, 1.165) is 12.5 Å². The fraction of sp³-hybridized carbons (Fsp3) is 0.700. The van der Waals surface area contributed by atoms with Crippen LogP contribution in [-0.2, 0) is 6.42 Å². The topological polar surface area (TPSA) is 29.9 Å². The maximum Gasteiger partial charge on any atom is 0.0954 e. The first-order chi connectivity index (χ1) is 6.40. The predicted molar refractivity (Wildman–Crippen MR) is 50.6 cm³/mol. The van der Waals surface area contributed by atoms with Crippen molar-refractivity contribution in [2.45, 2.75) is 37.8 Å². The van der Waals surface area contributed by atoms with Gasteiger partial charge < -0.3 is 9.88 Å². The normalized spacial score (nSPS) is 26.4. The van der Waals surface area contributed by atoms with Crippen LogP contribution in [0.25, 0.3) is 0 Å². The Morgan fingerprint density at radius 2 is 2.31 bits per heavy atom. The van der Waals surface area contributed by atoms with Gasteiger partial charge >= 0.3 is 0 Å². The van der Waals surface area contributed by atoms with Crippen molar-refractivity contribution in [1.82, 2.24) is 14.9 Å². The van der Waals surface area contributed by atoms with Gasteiger partial charge in [-0.25, -0.2) is 4.98 Å². The van der Waals surface area contributed by atoms with Crippen LogP contribution in [-0.4, -0.2) is 16.6 Å². The molecular formula is C10H15N3. The summed E-state index contributed by atoms with van der Waals surface area (Å²) >= 11 is 0. The third kappa shape index (κ3) is 1.03. The molecule has 1 fully saturated rings. The summed E-state index contributed by atoms with van der Waals surface area (Å²) in [7, 11) is 2.05. The van der Waals surface area contributed by atoms with Gasteiger partial charge in [0.1, 0.15) is 0 Å². The zero-order chi connectivity index (χ0) is 8.84. The second-order valence-electron chi connectivity index (χ2n) is 4.09. The van der Waals surface area contributed by atoms with Crippen molar-refractivity contribution < 1.29 is 0 Å². The lowest BCUT2D eigenvalue weighted by Crippen LogP contribution is -2.16. The van der Waals surface area contributed by atoms with Crippen molar-refractivity contribution in [2.24, 2.45) is 0 Å². The number of hydrogen-bond donors (Lipinski definition) is 1. The van der Waals surface area contributed by atoms with Gasteiger partial charge in [0.2, 0.25) is 0 Å². The summed E-state index contributed by atoms with van der Waals surface area (Å²) in [5.74, 6) is 0. The number of aryl methyl sites for hydroxylation is 1. The van der Waals surface area contributed by atoms with Crippen molar-refractivity contribution in [3.05, 3.63) is 17.7 Å². The van der Waals surface area contributed by atoms with Gasteiger partial charge in [0.25, 0.3) is 0 Å². The number of fused-ring (bicyclic) bond motifs is 1. The summed E-state index contributed by atoms with van der Waals surface area (Å²) in [6.07, 6.45) is 7.10. The summed E-state index contributed by atoms with van der Waals surface area (Å²) < 4.78 is 2.39. The van der Waals surface area contributed by atoms with Crippen LogP contribution >= 0.6 is 0 Å². The van der Waals surface area contributed by atoms with E-state index in [0.29, 0.717) is 6.04 Å². The molecule has 70 valence electrons. The molecule has 1 aromatic heterocycles. The first-order valence-corrected chi connectivity index (χ1v) is 5.13. The number of nitrogens with one attached hydrogen (secondary N) is 1. The Balaban J connectivity index is 2.03. The predicted octanol–water partition coefficient (Wildman–Crippen LogP) is 1.42. The molecule has 0 radical (unpaired) electrons. The third-order valence-corrected chi connectivity index (χ3v) is 3.20. The minimum atomic E-state index is 0.554. The average Bonchev–Trinajstić information content (AvgIpc) is 2.78. The van der Waals surface area contributed by atoms with Crippen LogP contribution in [0.4, 0.5) is 0 Å². The van der Waals surface area contributed by atoms with Crippen molar-refractivity contribution in [2.75, 3.05) is 7.05 Å². The van der Waals surface area contributed by atoms with E-state index in [4.69, 9.17) is 0 Å². The Morgan fingerprint density at radius 3 is 3.00 bits per heavy atom. The Labute approximate surface area is 78.2 Å². The van der Waals surface area contributed by atoms with Crippen molar-refractivity contribution >= 4 is 0 Å². The van der Waals surface area contributed by atoms with Gasteiger partial charge in [-0.3, -0.25) is 0 Å². The summed E-state index contributed by atoms with van der Waals surface area (Å²) in [6, 6.07) is 1.32. The quantitative estimate of drug-likeness (QED) is 0.740. The minimum Gasteiger partial charge on any atom is -0.330 e. The number of rotatable bonds is 2. The first-order valence-electron chi connectivity index (χ1n) is 5.13. The van der Waals surface area contributed by atoms with E-state index >= 15 is 0 Å². The molecule has 1 saturated carbocycles. The van der Waals surface area contributed by atoms with Gasteiger partial charge in [-0.2, -0.15) is 0 Å². The Morgan fingerprint density at radius 1 is 1.46 bits per heavy atom. The van der Waals surface area contributed by atoms with E-state index in [9.17, 15) is 0 Å². The van der Waals surface area contributed by atoms with Gasteiger partial charge in [0.05, 0.1) is 17.7 Å². The minimum absolute atomic E-state index is 0.554. The molecule has 2 aliphatic rings. The lowest BCUT2D eigenvalue weighted by Gasteiger charge is -2.12. The van der Waals surface area contributed by atoms with E-state index in [2.05, 4.69) is 14.9 Å². The van der Waals surface area contributed by atoms with E-state index in [1.165, 1.54) is 30.7 Å². The molecule has 1 heterocycles. The highest BCUT2D eigenvalue weighted by Gasteiger charge is 2.32. The highest BCUT2D eigenvalue weighted by molar-refractivity contribution is 5.24. The molecule has 0 bridgehead atoms. The second kappa shape index (κ2) is 2.58. The van der Waals surface area contributed by atoms with Gasteiger partial charge in [0, 0.05) is 12.1 Å². The first kappa shape index (κ1) is 7.56. The fourth-order valence-corrected chi connectivity index (χ4v) is 2.33. The number of imidazole rings is 1. The van der Waals surface area contributed by atoms with Crippen LogP contribution in [0.5, 0.6) is 0 Å². The summed E-state index contributed by atoms with van der Waals surface area (Å²) in [5, 5.41) is 3.37. The lowest BCUT2D eigenvalue weighted by molar-refractivity contribution is 0.539. The zero-order valence-corrected chi connectivity index (χ0v) is 7.95. The fourth-order valence-electron chi connectivity index (χ4n) is 2.33. The molecule has 1 atom stereocenters. The van der Waals surface area contributed by atoms with Crippen molar-refractivity contribution in [1.29, 1.82) is 0 Å². The molecule has 13 heavy (non-hydrogen) atoms. The molecule has 1 N–H and O–H groups in total. The van der Waals surface area contributed by atoms with Gasteiger partial charge in [-0.15, -0.1) is 0 Å². The Bertz CT molecular complexity index is 325. The third-order valence-electron chi connectivity index (χ3n) is 3.20. The lowest BCUT2D eigenvalue weighted by atomic mass is 10.2. The molecule has 1 aromatic rings. The molecule has 0 saturated heterocycles. The molecule has 3 heteroatoms. The summed E-state index contributed by atoms with van der Waals surface area (Å²) in [4.78, 5) is 4.48.